The molecule has 1 aliphatic heterocycles. The maximum atomic E-state index is 12.9. The Bertz CT molecular complexity index is 397. The maximum Gasteiger partial charge on any atom is 0.254 e. The fraction of sp³-hybridized carbons (Fsp3) is 0.455. The number of aromatic nitrogens is 1. The molecule has 0 spiro atoms. The fourth-order valence-corrected chi connectivity index (χ4v) is 1.73. The third-order valence-corrected chi connectivity index (χ3v) is 2.60. The molecule has 1 fully saturated rings. The van der Waals surface area contributed by atoms with Gasteiger partial charge in [-0.3, -0.25) is 4.79 Å². The van der Waals surface area contributed by atoms with Crippen molar-refractivity contribution in [3.05, 3.63) is 29.8 Å². The topological polar surface area (TPSA) is 42.4 Å². The van der Waals surface area contributed by atoms with E-state index >= 15 is 0 Å². The van der Waals surface area contributed by atoms with Crippen molar-refractivity contribution in [2.75, 3.05) is 19.8 Å². The number of hydrogen-bond acceptors (Lipinski definition) is 3. The van der Waals surface area contributed by atoms with Gasteiger partial charge in [0.1, 0.15) is 0 Å². The summed E-state index contributed by atoms with van der Waals surface area (Å²) in [5.41, 5.74) is 0.334. The Kier molecular flexibility index (Phi) is 3.14. The first-order chi connectivity index (χ1) is 7.68. The number of ether oxygens (including phenoxy) is 1. The van der Waals surface area contributed by atoms with Gasteiger partial charge in [-0.05, 0) is 13.0 Å². The molecule has 1 unspecified atom stereocenters. The molecule has 1 aromatic heterocycles. The van der Waals surface area contributed by atoms with Crippen LogP contribution in [-0.4, -0.2) is 41.6 Å². The highest BCUT2D eigenvalue weighted by atomic mass is 19.1. The molecular weight excluding hydrogens is 211 g/mol. The summed E-state index contributed by atoms with van der Waals surface area (Å²) in [7, 11) is 0. The lowest BCUT2D eigenvalue weighted by molar-refractivity contribution is 0.00356. The molecular formula is C11H13FN2O2. The van der Waals surface area contributed by atoms with Crippen LogP contribution >= 0.6 is 0 Å². The van der Waals surface area contributed by atoms with Gasteiger partial charge in [-0.1, -0.05) is 0 Å². The average molecular weight is 224 g/mol. The van der Waals surface area contributed by atoms with E-state index in [1.54, 1.807) is 4.90 Å². The molecule has 1 saturated heterocycles. The largest absolute Gasteiger partial charge is 0.377 e. The third-order valence-electron chi connectivity index (χ3n) is 2.60. The van der Waals surface area contributed by atoms with E-state index in [1.807, 2.05) is 6.92 Å². The van der Waals surface area contributed by atoms with E-state index in [0.29, 0.717) is 25.3 Å². The predicted molar refractivity (Wildman–Crippen MR) is 55.5 cm³/mol. The maximum absolute atomic E-state index is 12.9. The zero-order chi connectivity index (χ0) is 11.5. The monoisotopic (exact) mass is 224 g/mol. The Hall–Kier alpha value is -1.49. The van der Waals surface area contributed by atoms with Gasteiger partial charge in [0.25, 0.3) is 5.91 Å². The fourth-order valence-electron chi connectivity index (χ4n) is 1.73. The second-order valence-electron chi connectivity index (χ2n) is 3.79. The molecule has 1 aromatic rings. The molecule has 1 amide bonds. The standard InChI is InChI=1S/C11H13FN2O2/c1-8-7-16-5-4-14(8)11(15)9-2-3-13-10(12)6-9/h2-3,6,8H,4-5,7H2,1H3. The van der Waals surface area contributed by atoms with Crippen molar-refractivity contribution in [3.8, 4) is 0 Å². The molecule has 4 nitrogen and oxygen atoms in total. The average Bonchev–Trinajstić information content (AvgIpc) is 2.29. The van der Waals surface area contributed by atoms with Crippen LogP contribution in [0.5, 0.6) is 0 Å². The van der Waals surface area contributed by atoms with E-state index in [2.05, 4.69) is 4.98 Å². The number of carbonyl (C=O) groups is 1. The van der Waals surface area contributed by atoms with Gasteiger partial charge in [0.05, 0.1) is 19.3 Å². The number of hydrogen-bond donors (Lipinski definition) is 0. The molecule has 16 heavy (non-hydrogen) atoms. The van der Waals surface area contributed by atoms with Gasteiger partial charge in [0.2, 0.25) is 5.95 Å². The zero-order valence-electron chi connectivity index (χ0n) is 9.02. The second-order valence-corrected chi connectivity index (χ2v) is 3.79. The highest BCUT2D eigenvalue weighted by molar-refractivity contribution is 5.94. The Balaban J connectivity index is 2.17. The van der Waals surface area contributed by atoms with E-state index in [-0.39, 0.29) is 11.9 Å². The first-order valence-electron chi connectivity index (χ1n) is 5.19. The summed E-state index contributed by atoms with van der Waals surface area (Å²) >= 11 is 0. The third kappa shape index (κ3) is 2.19. The minimum Gasteiger partial charge on any atom is -0.377 e. The molecule has 0 bridgehead atoms. The highest BCUT2D eigenvalue weighted by Crippen LogP contribution is 2.12. The van der Waals surface area contributed by atoms with Gasteiger partial charge in [0.15, 0.2) is 0 Å². The summed E-state index contributed by atoms with van der Waals surface area (Å²) in [5, 5.41) is 0. The van der Waals surface area contributed by atoms with Crippen molar-refractivity contribution in [2.45, 2.75) is 13.0 Å². The van der Waals surface area contributed by atoms with Crippen LogP contribution in [0.2, 0.25) is 0 Å². The van der Waals surface area contributed by atoms with E-state index < -0.39 is 5.95 Å². The summed E-state index contributed by atoms with van der Waals surface area (Å²) in [4.78, 5) is 17.2. The van der Waals surface area contributed by atoms with Crippen LogP contribution < -0.4 is 0 Å². The van der Waals surface area contributed by atoms with E-state index in [1.165, 1.54) is 12.3 Å². The van der Waals surface area contributed by atoms with Gasteiger partial charge >= 0.3 is 0 Å². The van der Waals surface area contributed by atoms with Crippen molar-refractivity contribution in [2.24, 2.45) is 0 Å². The lowest BCUT2D eigenvalue weighted by Gasteiger charge is -2.33. The van der Waals surface area contributed by atoms with E-state index in [4.69, 9.17) is 4.74 Å². The smallest absolute Gasteiger partial charge is 0.254 e. The number of morpholine rings is 1. The van der Waals surface area contributed by atoms with E-state index in [9.17, 15) is 9.18 Å². The molecule has 2 rings (SSSR count). The summed E-state index contributed by atoms with van der Waals surface area (Å²) in [6.07, 6.45) is 1.30. The number of carbonyl (C=O) groups excluding carboxylic acids is 1. The highest BCUT2D eigenvalue weighted by Gasteiger charge is 2.24. The van der Waals surface area contributed by atoms with Crippen molar-refractivity contribution in [3.63, 3.8) is 0 Å². The summed E-state index contributed by atoms with van der Waals surface area (Å²) < 4.78 is 18.1. The van der Waals surface area contributed by atoms with Gasteiger partial charge < -0.3 is 9.64 Å². The number of pyridine rings is 1. The summed E-state index contributed by atoms with van der Waals surface area (Å²) in [5.74, 6) is -0.802. The van der Waals surface area contributed by atoms with Gasteiger partial charge in [0, 0.05) is 24.4 Å². The second kappa shape index (κ2) is 4.57. The Morgan fingerprint density at radius 3 is 3.19 bits per heavy atom. The van der Waals surface area contributed by atoms with Crippen LogP contribution in [0, 0.1) is 5.95 Å². The number of nitrogens with zero attached hydrogens (tertiary/aromatic N) is 2. The van der Waals surface area contributed by atoms with Crippen LogP contribution in [0.1, 0.15) is 17.3 Å². The first kappa shape index (κ1) is 11.0. The zero-order valence-corrected chi connectivity index (χ0v) is 9.02. The van der Waals surface area contributed by atoms with Gasteiger partial charge in [-0.2, -0.15) is 4.39 Å². The van der Waals surface area contributed by atoms with Crippen LogP contribution in [0.15, 0.2) is 18.3 Å². The van der Waals surface area contributed by atoms with Crippen molar-refractivity contribution in [1.29, 1.82) is 0 Å². The molecule has 1 atom stereocenters. The molecule has 0 aliphatic carbocycles. The lowest BCUT2D eigenvalue weighted by Crippen LogP contribution is -2.47. The SMILES string of the molecule is CC1COCCN1C(=O)c1ccnc(F)c1. The molecule has 86 valence electrons. The minimum atomic E-state index is -0.633. The number of halogens is 1. The molecule has 0 N–H and O–H groups in total. The number of rotatable bonds is 1. The molecule has 2 heterocycles. The van der Waals surface area contributed by atoms with Crippen molar-refractivity contribution in [1.82, 2.24) is 9.88 Å². The lowest BCUT2D eigenvalue weighted by atomic mass is 10.2. The summed E-state index contributed by atoms with van der Waals surface area (Å²) in [6.45, 7) is 3.52. The molecule has 0 radical (unpaired) electrons. The Morgan fingerprint density at radius 1 is 1.69 bits per heavy atom. The van der Waals surface area contributed by atoms with Crippen LogP contribution in [0.25, 0.3) is 0 Å². The Morgan fingerprint density at radius 2 is 2.50 bits per heavy atom. The van der Waals surface area contributed by atoms with Gasteiger partial charge in [-0.15, -0.1) is 0 Å². The molecule has 0 saturated carbocycles. The van der Waals surface area contributed by atoms with Crippen LogP contribution in [0.4, 0.5) is 4.39 Å². The quantitative estimate of drug-likeness (QED) is 0.670. The van der Waals surface area contributed by atoms with Crippen molar-refractivity contribution >= 4 is 5.91 Å². The molecule has 1 aliphatic rings. The van der Waals surface area contributed by atoms with Crippen LogP contribution in [0.3, 0.4) is 0 Å². The number of amides is 1. The van der Waals surface area contributed by atoms with Crippen LogP contribution in [-0.2, 0) is 4.74 Å². The Labute approximate surface area is 93.0 Å². The van der Waals surface area contributed by atoms with E-state index in [0.717, 1.165) is 6.07 Å². The normalized spacial score (nSPS) is 20.9. The summed E-state index contributed by atoms with van der Waals surface area (Å²) in [6, 6.07) is 2.70. The van der Waals surface area contributed by atoms with Gasteiger partial charge in [-0.25, -0.2) is 4.98 Å². The molecule has 0 aromatic carbocycles. The minimum absolute atomic E-state index is 0.0254. The first-order valence-corrected chi connectivity index (χ1v) is 5.19. The van der Waals surface area contributed by atoms with Crippen molar-refractivity contribution < 1.29 is 13.9 Å². The predicted octanol–water partition coefficient (Wildman–Crippen LogP) is 1.08. The molecule has 5 heteroatoms.